The van der Waals surface area contributed by atoms with E-state index in [9.17, 15) is 9.59 Å². The Kier molecular flexibility index (Phi) is 5.79. The van der Waals surface area contributed by atoms with Crippen molar-refractivity contribution >= 4 is 11.9 Å². The van der Waals surface area contributed by atoms with Gasteiger partial charge in [0.05, 0.1) is 0 Å². The van der Waals surface area contributed by atoms with Crippen molar-refractivity contribution in [2.24, 2.45) is 0 Å². The molecule has 0 radical (unpaired) electrons. The number of amides is 1. The van der Waals surface area contributed by atoms with Crippen LogP contribution in [-0.4, -0.2) is 29.1 Å². The first kappa shape index (κ1) is 16.6. The van der Waals surface area contributed by atoms with Crippen LogP contribution in [0.4, 0.5) is 0 Å². The molecule has 112 valence electrons. The highest BCUT2D eigenvalue weighted by Gasteiger charge is 2.25. The first-order chi connectivity index (χ1) is 9.98. The number of ether oxygens (including phenoxy) is 1. The Morgan fingerprint density at radius 3 is 2.48 bits per heavy atom. The van der Waals surface area contributed by atoms with E-state index >= 15 is 0 Å². The number of carboxylic acids is 1. The second-order valence-corrected chi connectivity index (χ2v) is 4.57. The molecule has 5 heteroatoms. The molecule has 1 amide bonds. The molecule has 0 aliphatic rings. The van der Waals surface area contributed by atoms with E-state index in [4.69, 9.17) is 16.3 Å². The maximum absolute atomic E-state index is 11.9. The van der Waals surface area contributed by atoms with Gasteiger partial charge in [-0.05, 0) is 25.0 Å². The number of hydrogen-bond acceptors (Lipinski definition) is 3. The number of terminal acetylenes is 1. The van der Waals surface area contributed by atoms with Gasteiger partial charge in [-0.2, -0.15) is 0 Å². The number of carbonyl (C=O) groups excluding carboxylic acids is 1. The van der Waals surface area contributed by atoms with E-state index < -0.39 is 11.5 Å². The summed E-state index contributed by atoms with van der Waals surface area (Å²) in [4.78, 5) is 22.9. The van der Waals surface area contributed by atoms with E-state index in [-0.39, 0.29) is 23.8 Å². The molecule has 0 spiro atoms. The first-order valence-corrected chi connectivity index (χ1v) is 6.72. The summed E-state index contributed by atoms with van der Waals surface area (Å²) in [6, 6.07) is 6.15. The smallest absolute Gasteiger partial charge is 0.339 e. The molecule has 5 nitrogen and oxygen atoms in total. The Hall–Kier alpha value is -2.48. The number of benzene rings is 1. The van der Waals surface area contributed by atoms with E-state index in [1.54, 1.807) is 12.1 Å². The molecule has 0 saturated carbocycles. The van der Waals surface area contributed by atoms with Gasteiger partial charge < -0.3 is 15.2 Å². The van der Waals surface area contributed by atoms with Crippen molar-refractivity contribution in [2.45, 2.75) is 32.2 Å². The molecule has 2 N–H and O–H groups in total. The molecular weight excluding hydrogens is 270 g/mol. The van der Waals surface area contributed by atoms with Crippen LogP contribution >= 0.6 is 0 Å². The van der Waals surface area contributed by atoms with E-state index in [2.05, 4.69) is 11.2 Å². The topological polar surface area (TPSA) is 75.6 Å². The monoisotopic (exact) mass is 289 g/mol. The summed E-state index contributed by atoms with van der Waals surface area (Å²) in [6.45, 7) is 3.50. The third-order valence-corrected chi connectivity index (χ3v) is 3.34. The second kappa shape index (κ2) is 7.34. The summed E-state index contributed by atoms with van der Waals surface area (Å²) in [5, 5.41) is 11.8. The summed E-state index contributed by atoms with van der Waals surface area (Å²) in [6.07, 6.45) is 6.68. The quantitative estimate of drug-likeness (QED) is 0.753. The lowest BCUT2D eigenvalue weighted by molar-refractivity contribution is -0.124. The average Bonchev–Trinajstić information content (AvgIpc) is 2.51. The van der Waals surface area contributed by atoms with Gasteiger partial charge >= 0.3 is 5.97 Å². The average molecular weight is 289 g/mol. The number of nitrogens with one attached hydrogen (secondary N) is 1. The van der Waals surface area contributed by atoms with Gasteiger partial charge in [-0.15, -0.1) is 6.42 Å². The Balaban J connectivity index is 2.70. The van der Waals surface area contributed by atoms with E-state index in [1.165, 1.54) is 12.1 Å². The lowest BCUT2D eigenvalue weighted by atomic mass is 9.94. The van der Waals surface area contributed by atoms with Crippen LogP contribution in [0.3, 0.4) is 0 Å². The molecule has 0 atom stereocenters. The predicted octanol–water partition coefficient (Wildman–Crippen LogP) is 2.07. The molecule has 0 aliphatic heterocycles. The van der Waals surface area contributed by atoms with Crippen LogP contribution in [0.2, 0.25) is 0 Å². The highest BCUT2D eigenvalue weighted by atomic mass is 16.5. The van der Waals surface area contributed by atoms with Crippen molar-refractivity contribution in [3.05, 3.63) is 29.8 Å². The van der Waals surface area contributed by atoms with Crippen molar-refractivity contribution in [3.8, 4) is 18.1 Å². The third-order valence-electron chi connectivity index (χ3n) is 3.34. The van der Waals surface area contributed by atoms with E-state index in [0.29, 0.717) is 12.8 Å². The summed E-state index contributed by atoms with van der Waals surface area (Å²) >= 11 is 0. The van der Waals surface area contributed by atoms with Crippen molar-refractivity contribution in [3.63, 3.8) is 0 Å². The second-order valence-electron chi connectivity index (χ2n) is 4.57. The summed E-state index contributed by atoms with van der Waals surface area (Å²) in [5.74, 6) is 1.26. The highest BCUT2D eigenvalue weighted by Crippen LogP contribution is 2.18. The number of carbonyl (C=O) groups is 2. The molecule has 21 heavy (non-hydrogen) atoms. The van der Waals surface area contributed by atoms with Gasteiger partial charge in [0.2, 0.25) is 0 Å². The number of carboxylic acid groups (broad SMARTS) is 1. The van der Waals surface area contributed by atoms with Crippen LogP contribution < -0.4 is 10.1 Å². The highest BCUT2D eigenvalue weighted by molar-refractivity contribution is 5.91. The molecule has 0 fully saturated rings. The minimum atomic E-state index is -1.11. The number of para-hydroxylation sites is 1. The van der Waals surface area contributed by atoms with Crippen LogP contribution in [-0.2, 0) is 4.79 Å². The van der Waals surface area contributed by atoms with Crippen LogP contribution in [0.5, 0.6) is 5.75 Å². The van der Waals surface area contributed by atoms with Crippen LogP contribution in [0.25, 0.3) is 0 Å². The summed E-state index contributed by atoms with van der Waals surface area (Å²) in [7, 11) is 0. The number of rotatable bonds is 7. The van der Waals surface area contributed by atoms with Crippen LogP contribution in [0, 0.1) is 12.3 Å². The largest absolute Gasteiger partial charge is 0.483 e. The fourth-order valence-electron chi connectivity index (χ4n) is 1.88. The Bertz CT molecular complexity index is 556. The fourth-order valence-corrected chi connectivity index (χ4v) is 1.88. The van der Waals surface area contributed by atoms with Crippen molar-refractivity contribution in [2.75, 3.05) is 6.61 Å². The molecular formula is C16H19NO4. The SMILES string of the molecule is C#CC(CC)(CC)NC(=O)COc1ccccc1C(=O)O. The zero-order valence-electron chi connectivity index (χ0n) is 12.2. The lowest BCUT2D eigenvalue weighted by Gasteiger charge is -2.27. The Labute approximate surface area is 124 Å². The summed E-state index contributed by atoms with van der Waals surface area (Å²) in [5.41, 5.74) is -0.674. The van der Waals surface area contributed by atoms with Crippen LogP contribution in [0.15, 0.2) is 24.3 Å². The molecule has 0 unspecified atom stereocenters. The molecule has 0 bridgehead atoms. The van der Waals surface area contributed by atoms with Crippen molar-refractivity contribution in [1.82, 2.24) is 5.32 Å². The van der Waals surface area contributed by atoms with E-state index in [1.807, 2.05) is 13.8 Å². The van der Waals surface area contributed by atoms with E-state index in [0.717, 1.165) is 0 Å². The van der Waals surface area contributed by atoms with Gasteiger partial charge in [0.15, 0.2) is 6.61 Å². The first-order valence-electron chi connectivity index (χ1n) is 6.72. The minimum Gasteiger partial charge on any atom is -0.483 e. The fraction of sp³-hybridized carbons (Fsp3) is 0.375. The maximum Gasteiger partial charge on any atom is 0.339 e. The Morgan fingerprint density at radius 1 is 1.33 bits per heavy atom. The Morgan fingerprint density at radius 2 is 1.95 bits per heavy atom. The minimum absolute atomic E-state index is 0.0134. The molecule has 0 heterocycles. The van der Waals surface area contributed by atoms with Gasteiger partial charge in [0.25, 0.3) is 5.91 Å². The van der Waals surface area contributed by atoms with Gasteiger partial charge in [0.1, 0.15) is 16.9 Å². The van der Waals surface area contributed by atoms with Gasteiger partial charge in [-0.1, -0.05) is 31.9 Å². The van der Waals surface area contributed by atoms with Gasteiger partial charge in [-0.3, -0.25) is 4.79 Å². The zero-order chi connectivity index (χ0) is 15.9. The zero-order valence-corrected chi connectivity index (χ0v) is 12.2. The van der Waals surface area contributed by atoms with Gasteiger partial charge in [-0.25, -0.2) is 4.79 Å². The summed E-state index contributed by atoms with van der Waals surface area (Å²) < 4.78 is 5.28. The molecule has 0 saturated heterocycles. The number of aromatic carboxylic acids is 1. The molecule has 1 aromatic carbocycles. The van der Waals surface area contributed by atoms with Crippen molar-refractivity contribution in [1.29, 1.82) is 0 Å². The lowest BCUT2D eigenvalue weighted by Crippen LogP contribution is -2.48. The standard InChI is InChI=1S/C16H19NO4/c1-4-16(5-2,6-3)17-14(18)11-21-13-10-8-7-9-12(13)15(19)20/h1,7-10H,5-6,11H2,2-3H3,(H,17,18)(H,19,20). The van der Waals surface area contributed by atoms with Gasteiger partial charge in [0, 0.05) is 0 Å². The molecule has 0 aromatic heterocycles. The van der Waals surface area contributed by atoms with Crippen molar-refractivity contribution < 1.29 is 19.4 Å². The van der Waals surface area contributed by atoms with Crippen LogP contribution in [0.1, 0.15) is 37.0 Å². The molecule has 1 rings (SSSR count). The molecule has 1 aromatic rings. The third kappa shape index (κ3) is 4.25. The molecule has 0 aliphatic carbocycles. The number of hydrogen-bond donors (Lipinski definition) is 2. The normalized spacial score (nSPS) is 10.5. The predicted molar refractivity (Wildman–Crippen MR) is 79.2 cm³/mol. The maximum atomic E-state index is 11.9.